The molecule has 0 radical (unpaired) electrons. The van der Waals surface area contributed by atoms with Crippen molar-refractivity contribution in [3.63, 3.8) is 0 Å². The lowest BCUT2D eigenvalue weighted by atomic mass is 9.77. The predicted molar refractivity (Wildman–Crippen MR) is 129 cm³/mol. The van der Waals surface area contributed by atoms with Gasteiger partial charge in [-0.25, -0.2) is 13.4 Å². The van der Waals surface area contributed by atoms with E-state index in [1.54, 1.807) is 25.1 Å². The lowest BCUT2D eigenvalue weighted by Gasteiger charge is -2.27. The van der Waals surface area contributed by atoms with Crippen molar-refractivity contribution in [3.05, 3.63) is 70.2 Å². The van der Waals surface area contributed by atoms with Gasteiger partial charge in [0.05, 0.1) is 17.2 Å². The summed E-state index contributed by atoms with van der Waals surface area (Å²) in [7, 11) is -3.55. The molecule has 0 N–H and O–H groups in total. The summed E-state index contributed by atoms with van der Waals surface area (Å²) < 4.78 is 40.4. The molecular formula is C25H27ClN2O5S. The highest BCUT2D eigenvalue weighted by atomic mass is 35.5. The number of ether oxygens (including phenoxy) is 2. The van der Waals surface area contributed by atoms with Crippen molar-refractivity contribution in [2.45, 2.75) is 50.7 Å². The van der Waals surface area contributed by atoms with Crippen molar-refractivity contribution >= 4 is 21.4 Å². The molecule has 0 amide bonds. The first kappa shape index (κ1) is 25.6. The average Bonchev–Trinajstić information content (AvgIpc) is 3.29. The average molecular weight is 503 g/mol. The molecule has 3 aromatic rings. The number of aromatic nitrogens is 1. The van der Waals surface area contributed by atoms with Crippen molar-refractivity contribution in [2.75, 3.05) is 12.9 Å². The van der Waals surface area contributed by atoms with Crippen LogP contribution in [0.1, 0.15) is 62.6 Å². The topological polar surface area (TPSA) is 102 Å². The number of nitriles is 1. The molecule has 0 saturated heterocycles. The molecule has 2 aromatic carbocycles. The number of hydrogen-bond donors (Lipinski definition) is 0. The first-order valence-corrected chi connectivity index (χ1v) is 13.0. The van der Waals surface area contributed by atoms with E-state index in [0.717, 1.165) is 30.2 Å². The van der Waals surface area contributed by atoms with Crippen molar-refractivity contribution in [2.24, 2.45) is 0 Å². The maximum atomic E-state index is 11.9. The molecule has 180 valence electrons. The summed E-state index contributed by atoms with van der Waals surface area (Å²) in [4.78, 5) is 4.01. The smallest absolute Gasteiger partial charge is 0.244 e. The molecule has 0 aliphatic heterocycles. The van der Waals surface area contributed by atoms with E-state index in [0.29, 0.717) is 28.7 Å². The SMILES string of the molecule is CCCOc1c(Cl)cc(C(C)(C)c2ccc(OC(C)c3ncoc3S(C)(=O)=O)cc2)cc1C#N. The Labute approximate surface area is 205 Å². The van der Waals surface area contributed by atoms with Crippen molar-refractivity contribution in [1.29, 1.82) is 5.26 Å². The van der Waals surface area contributed by atoms with Crippen LogP contribution in [0, 0.1) is 11.3 Å². The number of hydrogen-bond acceptors (Lipinski definition) is 7. The fourth-order valence-electron chi connectivity index (χ4n) is 3.56. The van der Waals surface area contributed by atoms with Gasteiger partial charge in [0, 0.05) is 11.7 Å². The highest BCUT2D eigenvalue weighted by Gasteiger charge is 2.27. The van der Waals surface area contributed by atoms with Gasteiger partial charge in [0.2, 0.25) is 14.9 Å². The Bertz CT molecular complexity index is 1310. The Morgan fingerprint density at radius 3 is 2.47 bits per heavy atom. The standard InChI is InChI=1S/C25H27ClN2O5S/c1-6-11-31-23-17(14-27)12-19(13-21(23)26)25(3,4)18-7-9-20(10-8-18)33-16(2)22-24(32-15-28-22)34(5,29)30/h7-10,12-13,15-16H,6,11H2,1-5H3. The lowest BCUT2D eigenvalue weighted by molar-refractivity contribution is 0.215. The number of benzene rings is 2. The molecule has 0 fully saturated rings. The van der Waals surface area contributed by atoms with E-state index in [4.69, 9.17) is 25.5 Å². The van der Waals surface area contributed by atoms with Gasteiger partial charge < -0.3 is 13.9 Å². The van der Waals surface area contributed by atoms with E-state index in [-0.39, 0.29) is 10.8 Å². The molecule has 1 aromatic heterocycles. The van der Waals surface area contributed by atoms with Crippen LogP contribution in [0.4, 0.5) is 0 Å². The summed E-state index contributed by atoms with van der Waals surface area (Å²) >= 11 is 6.47. The van der Waals surface area contributed by atoms with Gasteiger partial charge in [-0.05, 0) is 48.7 Å². The van der Waals surface area contributed by atoms with Crippen LogP contribution >= 0.6 is 11.6 Å². The van der Waals surface area contributed by atoms with E-state index >= 15 is 0 Å². The third-order valence-electron chi connectivity index (χ3n) is 5.51. The normalized spacial score (nSPS) is 12.7. The van der Waals surface area contributed by atoms with Crippen LogP contribution in [0.25, 0.3) is 0 Å². The molecular weight excluding hydrogens is 476 g/mol. The molecule has 0 saturated carbocycles. The van der Waals surface area contributed by atoms with Gasteiger partial charge in [0.25, 0.3) is 0 Å². The molecule has 0 spiro atoms. The van der Waals surface area contributed by atoms with E-state index in [1.807, 2.05) is 39.0 Å². The third-order valence-corrected chi connectivity index (χ3v) is 6.77. The Balaban J connectivity index is 1.85. The zero-order valence-electron chi connectivity index (χ0n) is 19.8. The second-order valence-corrected chi connectivity index (χ2v) is 10.8. The highest BCUT2D eigenvalue weighted by Crippen LogP contribution is 2.39. The molecule has 0 bridgehead atoms. The maximum absolute atomic E-state index is 11.9. The van der Waals surface area contributed by atoms with Crippen LogP contribution in [-0.2, 0) is 15.3 Å². The summed E-state index contributed by atoms with van der Waals surface area (Å²) in [6.45, 7) is 8.26. The zero-order valence-corrected chi connectivity index (χ0v) is 21.3. The van der Waals surface area contributed by atoms with Crippen LogP contribution in [0.2, 0.25) is 5.02 Å². The largest absolute Gasteiger partial charge is 0.491 e. The number of sulfone groups is 1. The fourth-order valence-corrected chi connectivity index (χ4v) is 4.65. The number of nitrogens with zero attached hydrogens (tertiary/aromatic N) is 2. The second kappa shape index (κ2) is 10.1. The molecule has 34 heavy (non-hydrogen) atoms. The Kier molecular flexibility index (Phi) is 7.59. The van der Waals surface area contributed by atoms with Crippen LogP contribution in [-0.4, -0.2) is 26.3 Å². The third kappa shape index (κ3) is 5.37. The molecule has 0 aliphatic carbocycles. The first-order chi connectivity index (χ1) is 16.0. The molecule has 1 unspecified atom stereocenters. The maximum Gasteiger partial charge on any atom is 0.244 e. The van der Waals surface area contributed by atoms with E-state index in [9.17, 15) is 13.7 Å². The van der Waals surface area contributed by atoms with Crippen LogP contribution in [0.5, 0.6) is 11.5 Å². The lowest BCUT2D eigenvalue weighted by Crippen LogP contribution is -2.19. The Morgan fingerprint density at radius 1 is 1.21 bits per heavy atom. The van der Waals surface area contributed by atoms with Gasteiger partial charge in [0.1, 0.15) is 23.6 Å². The van der Waals surface area contributed by atoms with Crippen molar-refractivity contribution < 1.29 is 22.3 Å². The highest BCUT2D eigenvalue weighted by molar-refractivity contribution is 7.90. The van der Waals surface area contributed by atoms with Crippen LogP contribution < -0.4 is 9.47 Å². The quantitative estimate of drug-likeness (QED) is 0.361. The minimum atomic E-state index is -3.55. The van der Waals surface area contributed by atoms with Gasteiger partial charge >= 0.3 is 0 Å². The van der Waals surface area contributed by atoms with E-state index in [1.165, 1.54) is 0 Å². The van der Waals surface area contributed by atoms with Gasteiger partial charge in [0.15, 0.2) is 12.1 Å². The predicted octanol–water partition coefficient (Wildman–Crippen LogP) is 5.86. The molecule has 1 heterocycles. The second-order valence-electron chi connectivity index (χ2n) is 8.50. The summed E-state index contributed by atoms with van der Waals surface area (Å²) in [5, 5.41) is 9.82. The Morgan fingerprint density at radius 2 is 1.88 bits per heavy atom. The molecule has 9 heteroatoms. The summed E-state index contributed by atoms with van der Waals surface area (Å²) in [6, 6.07) is 13.3. The summed E-state index contributed by atoms with van der Waals surface area (Å²) in [6.07, 6.45) is 2.34. The minimum absolute atomic E-state index is 0.200. The van der Waals surface area contributed by atoms with Crippen molar-refractivity contribution in [3.8, 4) is 17.6 Å². The van der Waals surface area contributed by atoms with Gasteiger partial charge in [-0.15, -0.1) is 0 Å². The number of oxazole rings is 1. The number of rotatable bonds is 9. The Hall–Kier alpha value is -3.02. The zero-order chi connectivity index (χ0) is 25.1. The number of halogens is 1. The summed E-state index contributed by atoms with van der Waals surface area (Å²) in [5.74, 6) is 0.957. The monoisotopic (exact) mass is 502 g/mol. The first-order valence-electron chi connectivity index (χ1n) is 10.8. The van der Waals surface area contributed by atoms with Crippen LogP contribution in [0.15, 0.2) is 52.3 Å². The van der Waals surface area contributed by atoms with Gasteiger partial charge in [-0.2, -0.15) is 5.26 Å². The fraction of sp³-hybridized carbons (Fsp3) is 0.360. The van der Waals surface area contributed by atoms with Crippen LogP contribution in [0.3, 0.4) is 0 Å². The van der Waals surface area contributed by atoms with Gasteiger partial charge in [-0.3, -0.25) is 0 Å². The summed E-state index contributed by atoms with van der Waals surface area (Å²) in [5.41, 5.74) is 2.01. The molecule has 1 atom stereocenters. The van der Waals surface area contributed by atoms with Gasteiger partial charge in [-0.1, -0.05) is 44.5 Å². The molecule has 3 rings (SSSR count). The molecule has 0 aliphatic rings. The van der Waals surface area contributed by atoms with Crippen molar-refractivity contribution in [1.82, 2.24) is 4.98 Å². The van der Waals surface area contributed by atoms with E-state index in [2.05, 4.69) is 11.1 Å². The minimum Gasteiger partial charge on any atom is -0.491 e. The molecule has 7 nitrogen and oxygen atoms in total. The van der Waals surface area contributed by atoms with E-state index < -0.39 is 21.4 Å².